The summed E-state index contributed by atoms with van der Waals surface area (Å²) in [6.45, 7) is 0.282. The van der Waals surface area contributed by atoms with E-state index in [1.807, 2.05) is 54.6 Å². The van der Waals surface area contributed by atoms with Gasteiger partial charge in [0.15, 0.2) is 0 Å². The predicted molar refractivity (Wildman–Crippen MR) is 95.0 cm³/mol. The van der Waals surface area contributed by atoms with Gasteiger partial charge in [0.2, 0.25) is 5.91 Å². The zero-order valence-electron chi connectivity index (χ0n) is 13.4. The van der Waals surface area contributed by atoms with Gasteiger partial charge in [-0.25, -0.2) is 4.98 Å². The molecule has 0 fully saturated rings. The number of primary amides is 1. The number of hydrogen-bond acceptors (Lipinski definition) is 4. The number of pyridine rings is 1. The average molecular weight is 332 g/mol. The Bertz CT molecular complexity index is 1070. The van der Waals surface area contributed by atoms with Gasteiger partial charge in [-0.05, 0) is 24.3 Å². The lowest BCUT2D eigenvalue weighted by Crippen LogP contribution is -2.20. The summed E-state index contributed by atoms with van der Waals surface area (Å²) in [7, 11) is 0. The fourth-order valence-electron chi connectivity index (χ4n) is 2.90. The number of para-hydroxylation sites is 3. The number of carbonyl (C=O) groups is 1. The van der Waals surface area contributed by atoms with Crippen LogP contribution < -0.4 is 10.5 Å². The molecule has 124 valence electrons. The highest BCUT2D eigenvalue weighted by Gasteiger charge is 2.13. The summed E-state index contributed by atoms with van der Waals surface area (Å²) in [4.78, 5) is 20.4. The van der Waals surface area contributed by atoms with E-state index in [0.717, 1.165) is 21.9 Å². The normalized spacial score (nSPS) is 11.0. The lowest BCUT2D eigenvalue weighted by atomic mass is 10.2. The van der Waals surface area contributed by atoms with Gasteiger partial charge in [-0.2, -0.15) is 0 Å². The van der Waals surface area contributed by atoms with Crippen LogP contribution in [0.5, 0.6) is 5.75 Å². The monoisotopic (exact) mass is 332 g/mol. The van der Waals surface area contributed by atoms with Gasteiger partial charge in [-0.3, -0.25) is 9.78 Å². The average Bonchev–Trinajstić information content (AvgIpc) is 2.97. The molecule has 2 N–H and O–H groups in total. The van der Waals surface area contributed by atoms with E-state index in [2.05, 4.69) is 9.97 Å². The van der Waals surface area contributed by atoms with Gasteiger partial charge in [0.05, 0.1) is 11.0 Å². The molecule has 1 amide bonds. The smallest absolute Gasteiger partial charge is 0.237 e. The maximum absolute atomic E-state index is 11.4. The highest BCUT2D eigenvalue weighted by Crippen LogP contribution is 2.24. The van der Waals surface area contributed by atoms with Crippen LogP contribution in [-0.4, -0.2) is 20.4 Å². The van der Waals surface area contributed by atoms with Crippen molar-refractivity contribution in [2.24, 2.45) is 5.73 Å². The fourth-order valence-corrected chi connectivity index (χ4v) is 2.90. The SMILES string of the molecule is NC(=O)Cn1c(COc2cccc3cccnc23)nc2ccccc21. The van der Waals surface area contributed by atoms with E-state index in [1.54, 1.807) is 10.8 Å². The molecule has 2 heterocycles. The van der Waals surface area contributed by atoms with Crippen LogP contribution in [0, 0.1) is 0 Å². The van der Waals surface area contributed by atoms with Crippen molar-refractivity contribution in [3.63, 3.8) is 0 Å². The Morgan fingerprint density at radius 3 is 2.80 bits per heavy atom. The first-order valence-corrected chi connectivity index (χ1v) is 7.91. The van der Waals surface area contributed by atoms with Crippen molar-refractivity contribution in [3.05, 3.63) is 66.6 Å². The number of nitrogens with two attached hydrogens (primary N) is 1. The lowest BCUT2D eigenvalue weighted by molar-refractivity contribution is -0.118. The summed E-state index contributed by atoms with van der Waals surface area (Å²) < 4.78 is 7.75. The largest absolute Gasteiger partial charge is 0.483 e. The predicted octanol–water partition coefficient (Wildman–Crippen LogP) is 2.65. The van der Waals surface area contributed by atoms with E-state index in [9.17, 15) is 4.79 Å². The Morgan fingerprint density at radius 1 is 1.08 bits per heavy atom. The molecule has 25 heavy (non-hydrogen) atoms. The van der Waals surface area contributed by atoms with Crippen LogP contribution >= 0.6 is 0 Å². The van der Waals surface area contributed by atoms with E-state index >= 15 is 0 Å². The summed E-state index contributed by atoms with van der Waals surface area (Å²) in [6, 6.07) is 17.3. The van der Waals surface area contributed by atoms with Crippen molar-refractivity contribution in [2.45, 2.75) is 13.2 Å². The molecule has 0 spiro atoms. The van der Waals surface area contributed by atoms with Crippen molar-refractivity contribution in [3.8, 4) is 5.75 Å². The third-order valence-corrected chi connectivity index (χ3v) is 4.00. The van der Waals surface area contributed by atoms with Gasteiger partial charge in [-0.1, -0.05) is 30.3 Å². The Labute approximate surface area is 143 Å². The molecule has 0 radical (unpaired) electrons. The van der Waals surface area contributed by atoms with Crippen LogP contribution in [0.15, 0.2) is 60.8 Å². The number of aromatic nitrogens is 3. The van der Waals surface area contributed by atoms with Crippen molar-refractivity contribution >= 4 is 27.8 Å². The molecular weight excluding hydrogens is 316 g/mol. The van der Waals surface area contributed by atoms with Crippen molar-refractivity contribution < 1.29 is 9.53 Å². The molecule has 0 saturated carbocycles. The molecule has 0 unspecified atom stereocenters. The number of hydrogen-bond donors (Lipinski definition) is 1. The summed E-state index contributed by atoms with van der Waals surface area (Å²) in [5.41, 5.74) is 7.84. The first kappa shape index (κ1) is 15.1. The third-order valence-electron chi connectivity index (χ3n) is 4.00. The second-order valence-corrected chi connectivity index (χ2v) is 5.69. The number of amides is 1. The molecule has 0 aliphatic rings. The topological polar surface area (TPSA) is 83.0 Å². The standard InChI is InChI=1S/C19H16N4O2/c20-17(24)11-23-15-8-2-1-7-14(15)22-18(23)12-25-16-9-3-5-13-6-4-10-21-19(13)16/h1-10H,11-12H2,(H2,20,24). The van der Waals surface area contributed by atoms with Gasteiger partial charge >= 0.3 is 0 Å². The van der Waals surface area contributed by atoms with E-state index in [0.29, 0.717) is 11.6 Å². The molecule has 0 bridgehead atoms. The van der Waals surface area contributed by atoms with E-state index in [4.69, 9.17) is 10.5 Å². The number of rotatable bonds is 5. The number of fused-ring (bicyclic) bond motifs is 2. The minimum Gasteiger partial charge on any atom is -0.483 e. The van der Waals surface area contributed by atoms with Crippen molar-refractivity contribution in [1.29, 1.82) is 0 Å². The van der Waals surface area contributed by atoms with Gasteiger partial charge in [0, 0.05) is 11.6 Å². The van der Waals surface area contributed by atoms with Crippen LogP contribution in [0.25, 0.3) is 21.9 Å². The van der Waals surface area contributed by atoms with Crippen LogP contribution in [0.1, 0.15) is 5.82 Å². The van der Waals surface area contributed by atoms with Crippen molar-refractivity contribution in [1.82, 2.24) is 14.5 Å². The molecule has 6 heteroatoms. The summed E-state index contributed by atoms with van der Waals surface area (Å²) >= 11 is 0. The molecule has 0 aliphatic carbocycles. The minimum atomic E-state index is -0.420. The van der Waals surface area contributed by atoms with Crippen molar-refractivity contribution in [2.75, 3.05) is 0 Å². The zero-order chi connectivity index (χ0) is 17.2. The van der Waals surface area contributed by atoms with Gasteiger partial charge in [0.25, 0.3) is 0 Å². The molecule has 2 aromatic carbocycles. The Balaban J connectivity index is 1.69. The number of nitrogens with zero attached hydrogens (tertiary/aromatic N) is 3. The highest BCUT2D eigenvalue weighted by atomic mass is 16.5. The summed E-state index contributed by atoms with van der Waals surface area (Å²) in [5.74, 6) is 0.903. The molecule has 0 saturated heterocycles. The van der Waals surface area contributed by atoms with Crippen LogP contribution in [0.3, 0.4) is 0 Å². The maximum atomic E-state index is 11.4. The minimum absolute atomic E-state index is 0.0625. The lowest BCUT2D eigenvalue weighted by Gasteiger charge is -2.10. The van der Waals surface area contributed by atoms with Crippen LogP contribution in [0.4, 0.5) is 0 Å². The molecule has 0 aliphatic heterocycles. The molecule has 4 aromatic rings. The summed E-state index contributed by atoms with van der Waals surface area (Å²) in [5, 5.41) is 1.01. The van der Waals surface area contributed by atoms with Gasteiger partial charge in [0.1, 0.15) is 30.2 Å². The first-order valence-electron chi connectivity index (χ1n) is 7.91. The Hall–Kier alpha value is -3.41. The first-order chi connectivity index (χ1) is 12.2. The maximum Gasteiger partial charge on any atom is 0.237 e. The second-order valence-electron chi connectivity index (χ2n) is 5.69. The van der Waals surface area contributed by atoms with Crippen LogP contribution in [0.2, 0.25) is 0 Å². The highest BCUT2D eigenvalue weighted by molar-refractivity contribution is 5.84. The Kier molecular flexibility index (Phi) is 3.78. The van der Waals surface area contributed by atoms with Gasteiger partial charge < -0.3 is 15.0 Å². The van der Waals surface area contributed by atoms with E-state index in [-0.39, 0.29) is 13.2 Å². The molecule has 0 atom stereocenters. The third kappa shape index (κ3) is 2.89. The zero-order valence-corrected chi connectivity index (χ0v) is 13.4. The molecule has 6 nitrogen and oxygen atoms in total. The molecule has 2 aromatic heterocycles. The number of carbonyl (C=O) groups excluding carboxylic acids is 1. The molecule has 4 rings (SSSR count). The number of benzene rings is 2. The van der Waals surface area contributed by atoms with Crippen LogP contribution in [-0.2, 0) is 17.9 Å². The van der Waals surface area contributed by atoms with E-state index < -0.39 is 5.91 Å². The second kappa shape index (κ2) is 6.24. The number of imidazole rings is 1. The number of ether oxygens (including phenoxy) is 1. The molecular formula is C19H16N4O2. The Morgan fingerprint density at radius 2 is 1.92 bits per heavy atom. The van der Waals surface area contributed by atoms with Gasteiger partial charge in [-0.15, -0.1) is 0 Å². The summed E-state index contributed by atoms with van der Waals surface area (Å²) in [6.07, 6.45) is 1.73. The fraction of sp³-hybridized carbons (Fsp3) is 0.105. The van der Waals surface area contributed by atoms with E-state index in [1.165, 1.54) is 0 Å². The quantitative estimate of drug-likeness (QED) is 0.609.